The van der Waals surface area contributed by atoms with Crippen molar-refractivity contribution in [3.8, 4) is 5.75 Å². The Labute approximate surface area is 85.5 Å². The molecule has 3 heteroatoms. The van der Waals surface area contributed by atoms with E-state index in [2.05, 4.69) is 24.1 Å². The van der Waals surface area contributed by atoms with Gasteiger partial charge in [-0.15, -0.1) is 0 Å². The van der Waals surface area contributed by atoms with Crippen LogP contribution in [0.15, 0.2) is 18.5 Å². The van der Waals surface area contributed by atoms with Gasteiger partial charge in [0.1, 0.15) is 5.75 Å². The summed E-state index contributed by atoms with van der Waals surface area (Å²) in [5.41, 5.74) is 1.16. The lowest BCUT2D eigenvalue weighted by Crippen LogP contribution is -2.17. The van der Waals surface area contributed by atoms with Crippen LogP contribution in [0.2, 0.25) is 0 Å². The van der Waals surface area contributed by atoms with Gasteiger partial charge in [0.15, 0.2) is 0 Å². The highest BCUT2D eigenvalue weighted by Crippen LogP contribution is 2.16. The van der Waals surface area contributed by atoms with E-state index in [4.69, 9.17) is 4.74 Å². The third kappa shape index (κ3) is 3.00. The van der Waals surface area contributed by atoms with Crippen LogP contribution in [0.3, 0.4) is 0 Å². The van der Waals surface area contributed by atoms with E-state index in [0.717, 1.165) is 17.9 Å². The fourth-order valence-corrected chi connectivity index (χ4v) is 1.34. The largest absolute Gasteiger partial charge is 0.492 e. The molecule has 1 unspecified atom stereocenters. The Morgan fingerprint density at radius 3 is 2.86 bits per heavy atom. The molecule has 0 radical (unpaired) electrons. The number of nitrogens with one attached hydrogen (secondary N) is 1. The van der Waals surface area contributed by atoms with Crippen molar-refractivity contribution < 1.29 is 4.74 Å². The summed E-state index contributed by atoms with van der Waals surface area (Å²) >= 11 is 0. The van der Waals surface area contributed by atoms with Gasteiger partial charge in [0.25, 0.3) is 0 Å². The monoisotopic (exact) mass is 194 g/mol. The van der Waals surface area contributed by atoms with Crippen molar-refractivity contribution in [2.45, 2.75) is 26.8 Å². The number of rotatable bonds is 5. The predicted octanol–water partition coefficient (Wildman–Crippen LogP) is 2.15. The third-order valence-electron chi connectivity index (χ3n) is 2.06. The topological polar surface area (TPSA) is 34.2 Å². The van der Waals surface area contributed by atoms with Gasteiger partial charge in [0.2, 0.25) is 0 Å². The molecule has 0 aromatic carbocycles. The van der Waals surface area contributed by atoms with Gasteiger partial charge in [0.05, 0.1) is 12.8 Å². The van der Waals surface area contributed by atoms with E-state index in [9.17, 15) is 0 Å². The Kier molecular flexibility index (Phi) is 4.40. The number of hydrogen-bond donors (Lipinski definition) is 1. The molecular formula is C11H18N2O. The van der Waals surface area contributed by atoms with Gasteiger partial charge < -0.3 is 10.1 Å². The molecule has 1 aromatic rings. The molecule has 1 aromatic heterocycles. The minimum Gasteiger partial charge on any atom is -0.492 e. The van der Waals surface area contributed by atoms with E-state index < -0.39 is 0 Å². The molecule has 0 saturated carbocycles. The average molecular weight is 194 g/mol. The van der Waals surface area contributed by atoms with Crippen molar-refractivity contribution in [3.63, 3.8) is 0 Å². The van der Waals surface area contributed by atoms with Crippen LogP contribution in [-0.2, 0) is 0 Å². The van der Waals surface area contributed by atoms with E-state index in [1.807, 2.05) is 19.2 Å². The Morgan fingerprint density at radius 2 is 2.21 bits per heavy atom. The number of hydrogen-bond acceptors (Lipinski definition) is 3. The van der Waals surface area contributed by atoms with Crippen molar-refractivity contribution in [1.29, 1.82) is 0 Å². The molecular weight excluding hydrogens is 176 g/mol. The first-order valence-corrected chi connectivity index (χ1v) is 5.09. The molecule has 1 rings (SSSR count). The van der Waals surface area contributed by atoms with Crippen LogP contribution in [0.4, 0.5) is 0 Å². The molecule has 0 amide bonds. The first-order chi connectivity index (χ1) is 6.77. The van der Waals surface area contributed by atoms with E-state index in [0.29, 0.717) is 12.6 Å². The number of ether oxygens (including phenoxy) is 1. The van der Waals surface area contributed by atoms with Gasteiger partial charge in [0, 0.05) is 12.2 Å². The van der Waals surface area contributed by atoms with Crippen molar-refractivity contribution >= 4 is 0 Å². The lowest BCUT2D eigenvalue weighted by atomic mass is 10.1. The highest BCUT2D eigenvalue weighted by Gasteiger charge is 2.04. The van der Waals surface area contributed by atoms with E-state index in [1.165, 1.54) is 0 Å². The van der Waals surface area contributed by atoms with Gasteiger partial charge in [-0.05, 0) is 32.0 Å². The number of aromatic nitrogens is 1. The Bertz CT molecular complexity index is 276. The quantitative estimate of drug-likeness (QED) is 0.780. The van der Waals surface area contributed by atoms with Crippen LogP contribution >= 0.6 is 0 Å². The smallest absolute Gasteiger partial charge is 0.137 e. The summed E-state index contributed by atoms with van der Waals surface area (Å²) in [5, 5.41) is 3.34. The Hall–Kier alpha value is -1.09. The summed E-state index contributed by atoms with van der Waals surface area (Å²) < 4.78 is 5.38. The van der Waals surface area contributed by atoms with E-state index in [-0.39, 0.29) is 0 Å². The van der Waals surface area contributed by atoms with Crippen LogP contribution in [0.1, 0.15) is 32.4 Å². The summed E-state index contributed by atoms with van der Waals surface area (Å²) in [4.78, 5) is 4.14. The molecule has 1 N–H and O–H groups in total. The summed E-state index contributed by atoms with van der Waals surface area (Å²) in [5.74, 6) is 0.842. The van der Waals surface area contributed by atoms with Crippen molar-refractivity contribution in [1.82, 2.24) is 10.3 Å². The summed E-state index contributed by atoms with van der Waals surface area (Å²) in [6.07, 6.45) is 3.61. The van der Waals surface area contributed by atoms with E-state index >= 15 is 0 Å². The van der Waals surface area contributed by atoms with Gasteiger partial charge >= 0.3 is 0 Å². The Morgan fingerprint density at radius 1 is 1.43 bits per heavy atom. The second-order valence-electron chi connectivity index (χ2n) is 3.17. The third-order valence-corrected chi connectivity index (χ3v) is 2.06. The van der Waals surface area contributed by atoms with E-state index in [1.54, 1.807) is 6.20 Å². The SMILES string of the molecule is CCNC(C)c1cncc(OCC)c1. The molecule has 78 valence electrons. The summed E-state index contributed by atoms with van der Waals surface area (Å²) in [6, 6.07) is 2.36. The first kappa shape index (κ1) is 11.0. The van der Waals surface area contributed by atoms with Crippen LogP contribution in [-0.4, -0.2) is 18.1 Å². The zero-order valence-corrected chi connectivity index (χ0v) is 9.08. The highest BCUT2D eigenvalue weighted by molar-refractivity contribution is 5.25. The molecule has 0 fully saturated rings. The minimum atomic E-state index is 0.327. The maximum atomic E-state index is 5.38. The van der Waals surface area contributed by atoms with Crippen LogP contribution in [0, 0.1) is 0 Å². The second-order valence-corrected chi connectivity index (χ2v) is 3.17. The molecule has 0 aliphatic heterocycles. The highest BCUT2D eigenvalue weighted by atomic mass is 16.5. The lowest BCUT2D eigenvalue weighted by Gasteiger charge is -2.13. The van der Waals surface area contributed by atoms with Crippen LogP contribution in [0.5, 0.6) is 5.75 Å². The maximum absolute atomic E-state index is 5.38. The van der Waals surface area contributed by atoms with Gasteiger partial charge in [-0.1, -0.05) is 6.92 Å². The summed E-state index contributed by atoms with van der Waals surface area (Å²) in [6.45, 7) is 7.83. The molecule has 1 heterocycles. The fraction of sp³-hybridized carbons (Fsp3) is 0.545. The Balaban J connectivity index is 2.71. The van der Waals surface area contributed by atoms with Gasteiger partial charge in [-0.3, -0.25) is 4.98 Å². The molecule has 0 bridgehead atoms. The standard InChI is InChI=1S/C11H18N2O/c1-4-13-9(3)10-6-11(14-5-2)8-12-7-10/h6-9,13H,4-5H2,1-3H3. The zero-order chi connectivity index (χ0) is 10.4. The maximum Gasteiger partial charge on any atom is 0.137 e. The normalized spacial score (nSPS) is 12.5. The second kappa shape index (κ2) is 5.60. The van der Waals surface area contributed by atoms with Gasteiger partial charge in [-0.25, -0.2) is 0 Å². The number of nitrogens with zero attached hydrogens (tertiary/aromatic N) is 1. The van der Waals surface area contributed by atoms with Crippen molar-refractivity contribution in [3.05, 3.63) is 24.0 Å². The average Bonchev–Trinajstić information content (AvgIpc) is 2.19. The number of pyridine rings is 1. The van der Waals surface area contributed by atoms with Crippen LogP contribution in [0.25, 0.3) is 0 Å². The molecule has 0 aliphatic carbocycles. The molecule has 14 heavy (non-hydrogen) atoms. The molecule has 0 saturated heterocycles. The molecule has 1 atom stereocenters. The van der Waals surface area contributed by atoms with Crippen molar-refractivity contribution in [2.75, 3.05) is 13.2 Å². The lowest BCUT2D eigenvalue weighted by molar-refractivity contribution is 0.338. The fourth-order valence-electron chi connectivity index (χ4n) is 1.34. The molecule has 0 spiro atoms. The van der Waals surface area contributed by atoms with Gasteiger partial charge in [-0.2, -0.15) is 0 Å². The molecule has 3 nitrogen and oxygen atoms in total. The predicted molar refractivity (Wildman–Crippen MR) is 57.5 cm³/mol. The first-order valence-electron chi connectivity index (χ1n) is 5.09. The molecule has 0 aliphatic rings. The van der Waals surface area contributed by atoms with Crippen LogP contribution < -0.4 is 10.1 Å². The minimum absolute atomic E-state index is 0.327. The zero-order valence-electron chi connectivity index (χ0n) is 9.08. The van der Waals surface area contributed by atoms with Crippen molar-refractivity contribution in [2.24, 2.45) is 0 Å². The summed E-state index contributed by atoms with van der Waals surface area (Å²) in [7, 11) is 0.